The molecule has 1 N–H and O–H groups in total. The quantitative estimate of drug-likeness (QED) is 0.776. The van der Waals surface area contributed by atoms with Crippen molar-refractivity contribution in [3.63, 3.8) is 0 Å². The second kappa shape index (κ2) is 5.53. The molecule has 3 aromatic heterocycles. The Kier molecular flexibility index (Phi) is 3.42. The summed E-state index contributed by atoms with van der Waals surface area (Å²) < 4.78 is 6.81. The minimum Gasteiger partial charge on any atom is -0.491 e. The van der Waals surface area contributed by atoms with Gasteiger partial charge in [0.05, 0.1) is 24.7 Å². The van der Waals surface area contributed by atoms with Gasteiger partial charge in [-0.25, -0.2) is 24.6 Å². The fourth-order valence-corrected chi connectivity index (χ4v) is 1.82. The van der Waals surface area contributed by atoms with Crippen LogP contribution in [0.25, 0.3) is 5.82 Å². The number of hydrogen-bond acceptors (Lipinski definition) is 7. The Morgan fingerprint density at radius 2 is 2.10 bits per heavy atom. The molecule has 0 fully saturated rings. The zero-order valence-corrected chi connectivity index (χ0v) is 11.6. The number of anilines is 2. The highest BCUT2D eigenvalue weighted by atomic mass is 16.5. The van der Waals surface area contributed by atoms with E-state index in [9.17, 15) is 0 Å². The smallest absolute Gasteiger partial charge is 0.179 e. The molecule has 21 heavy (non-hydrogen) atoms. The van der Waals surface area contributed by atoms with Crippen molar-refractivity contribution in [2.24, 2.45) is 0 Å². The first-order chi connectivity index (χ1) is 10.3. The summed E-state index contributed by atoms with van der Waals surface area (Å²) in [6, 6.07) is 3.75. The fraction of sp³-hybridized carbons (Fsp3) is 0.154. The molecule has 0 saturated heterocycles. The van der Waals surface area contributed by atoms with E-state index in [4.69, 9.17) is 4.74 Å². The van der Waals surface area contributed by atoms with Crippen LogP contribution in [0.5, 0.6) is 5.75 Å². The van der Waals surface area contributed by atoms with Crippen molar-refractivity contribution in [1.82, 2.24) is 29.7 Å². The van der Waals surface area contributed by atoms with Gasteiger partial charge in [0.25, 0.3) is 0 Å². The van der Waals surface area contributed by atoms with Gasteiger partial charge in [0, 0.05) is 0 Å². The first-order valence-electron chi connectivity index (χ1n) is 6.21. The summed E-state index contributed by atoms with van der Waals surface area (Å²) in [5, 5.41) is 7.23. The van der Waals surface area contributed by atoms with Crippen molar-refractivity contribution < 1.29 is 4.74 Å². The maximum Gasteiger partial charge on any atom is 0.179 e. The second-order valence-corrected chi connectivity index (χ2v) is 4.21. The van der Waals surface area contributed by atoms with Gasteiger partial charge in [-0.2, -0.15) is 5.10 Å². The lowest BCUT2D eigenvalue weighted by Crippen LogP contribution is -2.03. The molecular formula is C13H13N7O. The Morgan fingerprint density at radius 1 is 1.19 bits per heavy atom. The molecule has 3 heterocycles. The average molecular weight is 283 g/mol. The summed E-state index contributed by atoms with van der Waals surface area (Å²) in [4.78, 5) is 16.5. The van der Waals surface area contributed by atoms with Crippen molar-refractivity contribution in [1.29, 1.82) is 0 Å². The third kappa shape index (κ3) is 2.64. The third-order valence-electron chi connectivity index (χ3n) is 2.88. The van der Waals surface area contributed by atoms with Gasteiger partial charge in [0.1, 0.15) is 19.0 Å². The number of nitrogens with one attached hydrogen (secondary N) is 1. The predicted molar refractivity (Wildman–Crippen MR) is 75.8 cm³/mol. The summed E-state index contributed by atoms with van der Waals surface area (Å²) in [6.45, 7) is 1.90. The van der Waals surface area contributed by atoms with E-state index in [1.165, 1.54) is 12.7 Å². The second-order valence-electron chi connectivity index (χ2n) is 4.21. The van der Waals surface area contributed by atoms with Crippen molar-refractivity contribution >= 4 is 11.5 Å². The van der Waals surface area contributed by atoms with E-state index in [0.29, 0.717) is 17.4 Å². The number of aryl methyl sites for hydroxylation is 1. The molecule has 0 saturated carbocycles. The van der Waals surface area contributed by atoms with E-state index in [0.717, 1.165) is 11.4 Å². The van der Waals surface area contributed by atoms with Crippen LogP contribution in [-0.4, -0.2) is 36.8 Å². The van der Waals surface area contributed by atoms with E-state index >= 15 is 0 Å². The van der Waals surface area contributed by atoms with E-state index in [1.807, 2.05) is 19.1 Å². The molecule has 0 bridgehead atoms. The number of pyridine rings is 1. The zero-order valence-electron chi connectivity index (χ0n) is 11.6. The van der Waals surface area contributed by atoms with Crippen LogP contribution in [0.3, 0.4) is 0 Å². The number of aromatic nitrogens is 6. The van der Waals surface area contributed by atoms with Crippen LogP contribution in [0.1, 0.15) is 5.69 Å². The molecule has 0 unspecified atom stereocenters. The number of methoxy groups -OCH3 is 1. The van der Waals surface area contributed by atoms with Gasteiger partial charge in [-0.05, 0) is 19.1 Å². The summed E-state index contributed by atoms with van der Waals surface area (Å²) in [7, 11) is 1.57. The molecule has 3 aromatic rings. The van der Waals surface area contributed by atoms with Gasteiger partial charge >= 0.3 is 0 Å². The zero-order chi connectivity index (χ0) is 14.7. The molecule has 106 valence electrons. The van der Waals surface area contributed by atoms with Crippen LogP contribution in [-0.2, 0) is 0 Å². The largest absolute Gasteiger partial charge is 0.491 e. The first-order valence-corrected chi connectivity index (χ1v) is 6.21. The molecule has 0 radical (unpaired) electrons. The van der Waals surface area contributed by atoms with Gasteiger partial charge in [0.15, 0.2) is 17.4 Å². The number of ether oxygens (including phenoxy) is 1. The topological polar surface area (TPSA) is 90.6 Å². The lowest BCUT2D eigenvalue weighted by Gasteiger charge is -2.11. The number of nitrogens with zero attached hydrogens (tertiary/aromatic N) is 6. The SMILES string of the molecule is COc1cncnc1Nc1ccc(-n2cncn2)nc1C. The molecule has 0 aromatic carbocycles. The summed E-state index contributed by atoms with van der Waals surface area (Å²) in [6.07, 6.45) is 6.12. The molecule has 8 nitrogen and oxygen atoms in total. The lowest BCUT2D eigenvalue weighted by molar-refractivity contribution is 0.413. The van der Waals surface area contributed by atoms with E-state index in [1.54, 1.807) is 24.3 Å². The molecule has 3 rings (SSSR count). The Hall–Kier alpha value is -3.03. The normalized spacial score (nSPS) is 10.4. The fourth-order valence-electron chi connectivity index (χ4n) is 1.82. The van der Waals surface area contributed by atoms with E-state index in [-0.39, 0.29) is 0 Å². The number of hydrogen-bond donors (Lipinski definition) is 1. The molecule has 0 aliphatic carbocycles. The first kappa shape index (κ1) is 13.0. The van der Waals surface area contributed by atoms with Crippen molar-refractivity contribution in [3.8, 4) is 11.6 Å². The van der Waals surface area contributed by atoms with Gasteiger partial charge < -0.3 is 10.1 Å². The lowest BCUT2D eigenvalue weighted by atomic mass is 10.3. The Morgan fingerprint density at radius 3 is 2.81 bits per heavy atom. The maximum atomic E-state index is 5.21. The third-order valence-corrected chi connectivity index (χ3v) is 2.88. The van der Waals surface area contributed by atoms with Crippen LogP contribution in [0.2, 0.25) is 0 Å². The monoisotopic (exact) mass is 283 g/mol. The maximum absolute atomic E-state index is 5.21. The van der Waals surface area contributed by atoms with Gasteiger partial charge in [0.2, 0.25) is 0 Å². The highest BCUT2D eigenvalue weighted by Gasteiger charge is 2.08. The minimum atomic E-state index is 0.567. The van der Waals surface area contributed by atoms with Crippen LogP contribution in [0.4, 0.5) is 11.5 Å². The van der Waals surface area contributed by atoms with Gasteiger partial charge in [-0.3, -0.25) is 0 Å². The summed E-state index contributed by atoms with van der Waals surface area (Å²) in [5.41, 5.74) is 1.64. The highest BCUT2D eigenvalue weighted by molar-refractivity contribution is 5.63. The van der Waals surface area contributed by atoms with Gasteiger partial charge in [-0.1, -0.05) is 0 Å². The van der Waals surface area contributed by atoms with Gasteiger partial charge in [-0.15, -0.1) is 0 Å². The Labute approximate surface area is 120 Å². The summed E-state index contributed by atoms with van der Waals surface area (Å²) in [5.74, 6) is 1.85. The predicted octanol–water partition coefficient (Wildman–Crippen LogP) is 1.51. The Balaban J connectivity index is 1.90. The van der Waals surface area contributed by atoms with E-state index in [2.05, 4.69) is 30.4 Å². The van der Waals surface area contributed by atoms with Crippen molar-refractivity contribution in [2.75, 3.05) is 12.4 Å². The average Bonchev–Trinajstić information content (AvgIpc) is 3.04. The molecule has 0 aliphatic heterocycles. The molecular weight excluding hydrogens is 270 g/mol. The Bertz CT molecular complexity index is 742. The molecule has 8 heteroatoms. The molecule has 0 spiro atoms. The van der Waals surface area contributed by atoms with Crippen molar-refractivity contribution in [3.05, 3.63) is 43.0 Å². The minimum absolute atomic E-state index is 0.567. The molecule has 0 aliphatic rings. The van der Waals surface area contributed by atoms with Crippen LogP contribution in [0, 0.1) is 6.92 Å². The van der Waals surface area contributed by atoms with Crippen molar-refractivity contribution in [2.45, 2.75) is 6.92 Å². The van der Waals surface area contributed by atoms with Crippen LogP contribution in [0.15, 0.2) is 37.3 Å². The molecule has 0 atom stereocenters. The van der Waals surface area contributed by atoms with Crippen LogP contribution < -0.4 is 10.1 Å². The highest BCUT2D eigenvalue weighted by Crippen LogP contribution is 2.25. The number of rotatable bonds is 4. The molecule has 0 amide bonds. The summed E-state index contributed by atoms with van der Waals surface area (Å²) >= 11 is 0. The van der Waals surface area contributed by atoms with E-state index < -0.39 is 0 Å². The standard InChI is InChI=1S/C13H13N7O/c1-9-10(19-13-11(21-2)5-14-6-16-13)3-4-12(18-9)20-8-15-7-17-20/h3-8H,1-2H3,(H,14,16,19). The van der Waals surface area contributed by atoms with Crippen LogP contribution >= 0.6 is 0 Å².